The first-order valence-corrected chi connectivity index (χ1v) is 12.2. The van der Waals surface area contributed by atoms with Crippen LogP contribution >= 0.6 is 11.3 Å². The Hall–Kier alpha value is -2.47. The summed E-state index contributed by atoms with van der Waals surface area (Å²) in [7, 11) is 0. The molecule has 162 valence electrons. The molecule has 0 radical (unpaired) electrons. The number of carbonyl (C=O) groups is 1. The van der Waals surface area contributed by atoms with Gasteiger partial charge in [-0.1, -0.05) is 29.8 Å². The highest BCUT2D eigenvalue weighted by atomic mass is 32.1. The Labute approximate surface area is 188 Å². The van der Waals surface area contributed by atoms with Gasteiger partial charge in [0.25, 0.3) is 0 Å². The lowest BCUT2D eigenvalue weighted by Gasteiger charge is -2.35. The van der Waals surface area contributed by atoms with E-state index in [2.05, 4.69) is 64.8 Å². The number of amides is 1. The molecular formula is C25H30N4OS. The molecule has 2 saturated heterocycles. The summed E-state index contributed by atoms with van der Waals surface area (Å²) in [5.74, 6) is 1.50. The third kappa shape index (κ3) is 3.71. The molecule has 0 spiro atoms. The van der Waals surface area contributed by atoms with Crippen molar-refractivity contribution >= 4 is 33.3 Å². The first-order valence-electron chi connectivity index (χ1n) is 11.4. The quantitative estimate of drug-likeness (QED) is 0.569. The van der Waals surface area contributed by atoms with E-state index in [0.717, 1.165) is 56.0 Å². The van der Waals surface area contributed by atoms with Crippen molar-refractivity contribution in [3.63, 3.8) is 0 Å². The Bertz CT molecular complexity index is 1100. The van der Waals surface area contributed by atoms with Crippen LogP contribution in [0.2, 0.25) is 0 Å². The van der Waals surface area contributed by atoms with Crippen LogP contribution in [0.15, 0.2) is 30.6 Å². The molecule has 2 aliphatic rings. The topological polar surface area (TPSA) is 49.3 Å². The average Bonchev–Trinajstić information content (AvgIpc) is 3.39. The van der Waals surface area contributed by atoms with Crippen molar-refractivity contribution < 1.29 is 4.79 Å². The third-order valence-electron chi connectivity index (χ3n) is 7.09. The lowest BCUT2D eigenvalue weighted by molar-refractivity contribution is -0.137. The number of thiophene rings is 1. The van der Waals surface area contributed by atoms with Crippen LogP contribution in [0.3, 0.4) is 0 Å². The number of hydrogen-bond donors (Lipinski definition) is 0. The molecule has 31 heavy (non-hydrogen) atoms. The van der Waals surface area contributed by atoms with Crippen LogP contribution in [0.5, 0.6) is 0 Å². The normalized spacial score (nSPS) is 20.0. The summed E-state index contributed by atoms with van der Waals surface area (Å²) in [5, 5.41) is 1.19. The van der Waals surface area contributed by atoms with Gasteiger partial charge in [-0.2, -0.15) is 0 Å². The van der Waals surface area contributed by atoms with Gasteiger partial charge < -0.3 is 9.80 Å². The van der Waals surface area contributed by atoms with Crippen molar-refractivity contribution in [2.24, 2.45) is 5.92 Å². The van der Waals surface area contributed by atoms with E-state index in [1.807, 2.05) is 0 Å². The molecule has 5 rings (SSSR count). The van der Waals surface area contributed by atoms with Gasteiger partial charge in [0, 0.05) is 30.4 Å². The zero-order valence-corrected chi connectivity index (χ0v) is 19.4. The summed E-state index contributed by atoms with van der Waals surface area (Å²) in [6.07, 6.45) is 5.64. The molecule has 1 amide bonds. The minimum Gasteiger partial charge on any atom is -0.356 e. The maximum atomic E-state index is 13.4. The lowest BCUT2D eigenvalue weighted by atomic mass is 9.94. The van der Waals surface area contributed by atoms with E-state index < -0.39 is 0 Å². The van der Waals surface area contributed by atoms with Crippen molar-refractivity contribution in [1.29, 1.82) is 0 Å². The molecule has 2 aliphatic heterocycles. The maximum Gasteiger partial charge on any atom is 0.226 e. The molecule has 0 N–H and O–H groups in total. The summed E-state index contributed by atoms with van der Waals surface area (Å²) in [6.45, 7) is 9.06. The fraction of sp³-hybridized carbons (Fsp3) is 0.480. The van der Waals surface area contributed by atoms with E-state index in [-0.39, 0.29) is 12.0 Å². The number of rotatable bonds is 3. The van der Waals surface area contributed by atoms with E-state index in [1.165, 1.54) is 27.0 Å². The molecule has 1 aromatic carbocycles. The number of carbonyl (C=O) groups excluding carboxylic acids is 1. The van der Waals surface area contributed by atoms with E-state index in [9.17, 15) is 4.79 Å². The van der Waals surface area contributed by atoms with Crippen molar-refractivity contribution in [1.82, 2.24) is 14.9 Å². The molecule has 2 aromatic heterocycles. The molecule has 0 saturated carbocycles. The van der Waals surface area contributed by atoms with Gasteiger partial charge in [-0.15, -0.1) is 11.3 Å². The summed E-state index contributed by atoms with van der Waals surface area (Å²) in [6, 6.07) is 8.94. The van der Waals surface area contributed by atoms with Crippen LogP contribution in [0.1, 0.15) is 53.3 Å². The summed E-state index contributed by atoms with van der Waals surface area (Å²) in [5.41, 5.74) is 3.83. The lowest BCUT2D eigenvalue weighted by Crippen LogP contribution is -2.42. The van der Waals surface area contributed by atoms with Gasteiger partial charge >= 0.3 is 0 Å². The van der Waals surface area contributed by atoms with Gasteiger partial charge in [0.2, 0.25) is 5.91 Å². The fourth-order valence-corrected chi connectivity index (χ4v) is 6.13. The second kappa shape index (κ2) is 8.23. The first kappa shape index (κ1) is 20.4. The maximum absolute atomic E-state index is 13.4. The third-order valence-corrected chi connectivity index (χ3v) is 8.20. The minimum atomic E-state index is 0.116. The van der Waals surface area contributed by atoms with Crippen LogP contribution in [0, 0.1) is 26.7 Å². The van der Waals surface area contributed by atoms with Crippen LogP contribution in [-0.4, -0.2) is 40.4 Å². The van der Waals surface area contributed by atoms with Crippen molar-refractivity contribution in [2.45, 2.75) is 52.5 Å². The highest BCUT2D eigenvalue weighted by Crippen LogP contribution is 2.37. The molecule has 4 heterocycles. The predicted octanol–water partition coefficient (Wildman–Crippen LogP) is 5.20. The molecule has 3 aromatic rings. The first-order chi connectivity index (χ1) is 15.0. The Morgan fingerprint density at radius 2 is 1.74 bits per heavy atom. The fourth-order valence-electron chi connectivity index (χ4n) is 5.14. The van der Waals surface area contributed by atoms with Crippen LogP contribution in [-0.2, 0) is 4.79 Å². The zero-order valence-electron chi connectivity index (χ0n) is 18.6. The monoisotopic (exact) mass is 434 g/mol. The molecule has 2 fully saturated rings. The van der Waals surface area contributed by atoms with Crippen molar-refractivity contribution in [3.05, 3.63) is 52.2 Å². The van der Waals surface area contributed by atoms with Gasteiger partial charge in [0.1, 0.15) is 17.0 Å². The number of hydrogen-bond acceptors (Lipinski definition) is 5. The van der Waals surface area contributed by atoms with Crippen LogP contribution in [0.25, 0.3) is 10.2 Å². The molecule has 1 unspecified atom stereocenters. The standard InChI is InChI=1S/C25H30N4OS/c1-16-6-8-19(9-7-16)21-5-4-12-29(21)25(30)20-10-13-28(14-11-20)23-22-17(2)18(3)31-24(22)27-15-26-23/h6-9,15,20-21H,4-5,10-14H2,1-3H3. The highest BCUT2D eigenvalue weighted by Gasteiger charge is 2.35. The minimum absolute atomic E-state index is 0.116. The Morgan fingerprint density at radius 3 is 2.48 bits per heavy atom. The number of benzene rings is 1. The van der Waals surface area contributed by atoms with Gasteiger partial charge in [0.15, 0.2) is 0 Å². The largest absolute Gasteiger partial charge is 0.356 e. The number of nitrogens with zero attached hydrogens (tertiary/aromatic N) is 4. The number of aromatic nitrogens is 2. The summed E-state index contributed by atoms with van der Waals surface area (Å²) < 4.78 is 0. The van der Waals surface area contributed by atoms with Gasteiger partial charge in [-0.25, -0.2) is 9.97 Å². The second-order valence-electron chi connectivity index (χ2n) is 9.02. The van der Waals surface area contributed by atoms with E-state index >= 15 is 0 Å². The predicted molar refractivity (Wildman–Crippen MR) is 127 cm³/mol. The number of anilines is 1. The summed E-state index contributed by atoms with van der Waals surface area (Å²) in [4.78, 5) is 29.4. The van der Waals surface area contributed by atoms with Gasteiger partial charge in [-0.3, -0.25) is 4.79 Å². The average molecular weight is 435 g/mol. The zero-order chi connectivity index (χ0) is 21.5. The SMILES string of the molecule is Cc1ccc(C2CCCN2C(=O)C2CCN(c3ncnc4sc(C)c(C)c34)CC2)cc1. The summed E-state index contributed by atoms with van der Waals surface area (Å²) >= 11 is 1.74. The van der Waals surface area contributed by atoms with E-state index in [1.54, 1.807) is 17.7 Å². The van der Waals surface area contributed by atoms with Gasteiger partial charge in [0.05, 0.1) is 11.4 Å². The molecule has 1 atom stereocenters. The van der Waals surface area contributed by atoms with Crippen molar-refractivity contribution in [2.75, 3.05) is 24.5 Å². The number of likely N-dealkylation sites (tertiary alicyclic amines) is 1. The smallest absolute Gasteiger partial charge is 0.226 e. The Morgan fingerprint density at radius 1 is 1.00 bits per heavy atom. The molecular weight excluding hydrogens is 404 g/mol. The van der Waals surface area contributed by atoms with Gasteiger partial charge in [-0.05, 0) is 57.6 Å². The Balaban J connectivity index is 1.29. The second-order valence-corrected chi connectivity index (χ2v) is 10.2. The number of piperidine rings is 1. The molecule has 0 aliphatic carbocycles. The van der Waals surface area contributed by atoms with Crippen LogP contribution < -0.4 is 4.90 Å². The molecule has 0 bridgehead atoms. The molecule has 6 heteroatoms. The van der Waals surface area contributed by atoms with Crippen LogP contribution in [0.4, 0.5) is 5.82 Å². The molecule has 5 nitrogen and oxygen atoms in total. The highest BCUT2D eigenvalue weighted by molar-refractivity contribution is 7.18. The number of fused-ring (bicyclic) bond motifs is 1. The van der Waals surface area contributed by atoms with Crippen molar-refractivity contribution in [3.8, 4) is 0 Å². The number of aryl methyl sites for hydroxylation is 3. The van der Waals surface area contributed by atoms with E-state index in [0.29, 0.717) is 5.91 Å². The Kier molecular flexibility index (Phi) is 5.42. The van der Waals surface area contributed by atoms with E-state index in [4.69, 9.17) is 0 Å².